The van der Waals surface area contributed by atoms with E-state index < -0.39 is 0 Å². The van der Waals surface area contributed by atoms with Crippen molar-refractivity contribution in [3.05, 3.63) is 29.8 Å². The highest BCUT2D eigenvalue weighted by Crippen LogP contribution is 2.27. The van der Waals surface area contributed by atoms with Gasteiger partial charge in [0.15, 0.2) is 0 Å². The van der Waals surface area contributed by atoms with Crippen molar-refractivity contribution >= 4 is 29.4 Å². The van der Waals surface area contributed by atoms with Gasteiger partial charge in [-0.2, -0.15) is 11.8 Å². The third-order valence-corrected chi connectivity index (χ3v) is 7.94. The first kappa shape index (κ1) is 22.8. The molecule has 1 aromatic rings. The number of carbonyl (C=O) groups is 1. The van der Waals surface area contributed by atoms with Crippen LogP contribution in [0.25, 0.3) is 0 Å². The average Bonchev–Trinajstić information content (AvgIpc) is 3.30. The standard InChI is InChI=1S/C22H35N3O2S2/c1-27-20-9-7-17(8-10-20)11-23-12-19(25-22(26)21-15-29-16-24-21)14-28-13-18-5-3-2-4-6-18/h7-10,18-19,21,23-24H,2-6,11-16H2,1H3,(H,25,26)/t19-,21-/m1/s1. The van der Waals surface area contributed by atoms with Crippen LogP contribution in [0.4, 0.5) is 0 Å². The van der Waals surface area contributed by atoms with Crippen LogP contribution in [0.3, 0.4) is 0 Å². The first-order valence-corrected chi connectivity index (χ1v) is 13.1. The summed E-state index contributed by atoms with van der Waals surface area (Å²) in [6.07, 6.45) is 6.94. The number of carbonyl (C=O) groups excluding carboxylic acids is 1. The lowest BCUT2D eigenvalue weighted by Gasteiger charge is -2.24. The van der Waals surface area contributed by atoms with Gasteiger partial charge in [0, 0.05) is 30.5 Å². The van der Waals surface area contributed by atoms with E-state index in [4.69, 9.17) is 4.74 Å². The minimum absolute atomic E-state index is 0.0487. The van der Waals surface area contributed by atoms with E-state index in [0.29, 0.717) is 0 Å². The van der Waals surface area contributed by atoms with Gasteiger partial charge in [-0.25, -0.2) is 0 Å². The highest BCUT2D eigenvalue weighted by molar-refractivity contribution is 7.99. The number of ether oxygens (including phenoxy) is 1. The number of methoxy groups -OCH3 is 1. The maximum atomic E-state index is 12.6. The van der Waals surface area contributed by atoms with Crippen LogP contribution in [0.5, 0.6) is 5.75 Å². The molecule has 7 heteroatoms. The van der Waals surface area contributed by atoms with E-state index in [1.54, 1.807) is 18.9 Å². The second-order valence-electron chi connectivity index (χ2n) is 8.00. The second kappa shape index (κ2) is 12.7. The minimum atomic E-state index is -0.0487. The summed E-state index contributed by atoms with van der Waals surface area (Å²) in [5, 5.41) is 10.1. The number of hydrogen-bond acceptors (Lipinski definition) is 6. The Labute approximate surface area is 183 Å². The monoisotopic (exact) mass is 437 g/mol. The lowest BCUT2D eigenvalue weighted by atomic mass is 9.91. The molecule has 0 radical (unpaired) electrons. The molecular formula is C22H35N3O2S2. The number of rotatable bonds is 11. The third kappa shape index (κ3) is 8.04. The lowest BCUT2D eigenvalue weighted by molar-refractivity contribution is -0.122. The molecule has 1 saturated heterocycles. The zero-order valence-corrected chi connectivity index (χ0v) is 19.1. The van der Waals surface area contributed by atoms with Crippen LogP contribution in [0.1, 0.15) is 37.7 Å². The van der Waals surface area contributed by atoms with Gasteiger partial charge in [0.05, 0.1) is 19.2 Å². The molecule has 1 aliphatic heterocycles. The Bertz CT molecular complexity index is 603. The molecule has 0 bridgehead atoms. The summed E-state index contributed by atoms with van der Waals surface area (Å²) in [6.45, 7) is 1.58. The molecule has 29 heavy (non-hydrogen) atoms. The first-order chi connectivity index (χ1) is 14.2. The predicted octanol–water partition coefficient (Wildman–Crippen LogP) is 3.25. The van der Waals surface area contributed by atoms with E-state index in [1.165, 1.54) is 43.4 Å². The van der Waals surface area contributed by atoms with E-state index in [-0.39, 0.29) is 18.0 Å². The van der Waals surface area contributed by atoms with Crippen molar-refractivity contribution < 1.29 is 9.53 Å². The highest BCUT2D eigenvalue weighted by Gasteiger charge is 2.25. The maximum absolute atomic E-state index is 12.6. The smallest absolute Gasteiger partial charge is 0.238 e. The zero-order chi connectivity index (χ0) is 20.3. The van der Waals surface area contributed by atoms with Crippen LogP contribution >= 0.6 is 23.5 Å². The van der Waals surface area contributed by atoms with Crippen LogP contribution in [-0.2, 0) is 11.3 Å². The van der Waals surface area contributed by atoms with Crippen LogP contribution in [0.15, 0.2) is 24.3 Å². The van der Waals surface area contributed by atoms with Crippen LogP contribution in [0.2, 0.25) is 0 Å². The first-order valence-electron chi connectivity index (χ1n) is 10.8. The molecule has 0 spiro atoms. The van der Waals surface area contributed by atoms with Gasteiger partial charge < -0.3 is 15.4 Å². The molecular weight excluding hydrogens is 402 g/mol. The van der Waals surface area contributed by atoms with Gasteiger partial charge >= 0.3 is 0 Å². The zero-order valence-electron chi connectivity index (χ0n) is 17.5. The van der Waals surface area contributed by atoms with Crippen LogP contribution in [-0.4, -0.2) is 54.8 Å². The Morgan fingerprint density at radius 1 is 1.28 bits per heavy atom. The fourth-order valence-corrected chi connectivity index (χ4v) is 6.11. The highest BCUT2D eigenvalue weighted by atomic mass is 32.2. The van der Waals surface area contributed by atoms with Gasteiger partial charge in [0.2, 0.25) is 5.91 Å². The molecule has 1 amide bonds. The van der Waals surface area contributed by atoms with E-state index in [0.717, 1.165) is 42.1 Å². The van der Waals surface area contributed by atoms with Crippen molar-refractivity contribution in [2.75, 3.05) is 36.8 Å². The van der Waals surface area contributed by atoms with Crippen molar-refractivity contribution in [3.8, 4) is 5.75 Å². The SMILES string of the molecule is COc1ccc(CNC[C@H](CSCC2CCCCC2)NC(=O)[C@H]2CSCN2)cc1. The van der Waals surface area contributed by atoms with Crippen LogP contribution < -0.4 is 20.7 Å². The summed E-state index contributed by atoms with van der Waals surface area (Å²) >= 11 is 3.80. The molecule has 1 saturated carbocycles. The fourth-order valence-electron chi connectivity index (χ4n) is 3.88. The predicted molar refractivity (Wildman–Crippen MR) is 125 cm³/mol. The van der Waals surface area contributed by atoms with E-state index in [9.17, 15) is 4.79 Å². The Balaban J connectivity index is 1.44. The summed E-state index contributed by atoms with van der Waals surface area (Å²) in [6, 6.07) is 8.24. The Morgan fingerprint density at radius 3 is 2.76 bits per heavy atom. The van der Waals surface area contributed by atoms with Gasteiger partial charge in [-0.1, -0.05) is 31.4 Å². The van der Waals surface area contributed by atoms with Gasteiger partial charge in [-0.15, -0.1) is 11.8 Å². The number of nitrogens with one attached hydrogen (secondary N) is 3. The Kier molecular flexibility index (Phi) is 10.00. The summed E-state index contributed by atoms with van der Waals surface area (Å²) in [5.74, 6) is 5.82. The number of thioether (sulfide) groups is 2. The molecule has 2 aliphatic rings. The third-order valence-electron chi connectivity index (χ3n) is 5.66. The van der Waals surface area contributed by atoms with Crippen molar-refractivity contribution in [2.24, 2.45) is 5.92 Å². The lowest BCUT2D eigenvalue weighted by Crippen LogP contribution is -2.50. The number of benzene rings is 1. The Hall–Kier alpha value is -0.890. The van der Waals surface area contributed by atoms with Gasteiger partial charge in [0.1, 0.15) is 5.75 Å². The van der Waals surface area contributed by atoms with Crippen molar-refractivity contribution in [3.63, 3.8) is 0 Å². The molecule has 5 nitrogen and oxygen atoms in total. The molecule has 162 valence electrons. The summed E-state index contributed by atoms with van der Waals surface area (Å²) in [5.41, 5.74) is 1.22. The molecule has 1 aromatic carbocycles. The quantitative estimate of drug-likeness (QED) is 0.494. The largest absolute Gasteiger partial charge is 0.497 e. The molecule has 0 unspecified atom stereocenters. The molecule has 2 atom stereocenters. The normalized spacial score (nSPS) is 21.1. The summed E-state index contributed by atoms with van der Waals surface area (Å²) in [7, 11) is 1.68. The number of hydrogen-bond donors (Lipinski definition) is 3. The van der Waals surface area contributed by atoms with E-state index in [1.807, 2.05) is 23.9 Å². The minimum Gasteiger partial charge on any atom is -0.497 e. The van der Waals surface area contributed by atoms with Crippen molar-refractivity contribution in [1.82, 2.24) is 16.0 Å². The van der Waals surface area contributed by atoms with Crippen molar-refractivity contribution in [1.29, 1.82) is 0 Å². The van der Waals surface area contributed by atoms with E-state index in [2.05, 4.69) is 28.1 Å². The maximum Gasteiger partial charge on any atom is 0.238 e. The molecule has 3 rings (SSSR count). The number of amides is 1. The molecule has 2 fully saturated rings. The molecule has 1 aliphatic carbocycles. The Morgan fingerprint density at radius 2 is 2.07 bits per heavy atom. The van der Waals surface area contributed by atoms with E-state index >= 15 is 0 Å². The van der Waals surface area contributed by atoms with Gasteiger partial charge in [-0.3, -0.25) is 10.1 Å². The topological polar surface area (TPSA) is 62.4 Å². The van der Waals surface area contributed by atoms with Gasteiger partial charge in [0.25, 0.3) is 0 Å². The molecule has 0 aromatic heterocycles. The summed E-state index contributed by atoms with van der Waals surface area (Å²) < 4.78 is 5.22. The molecule has 1 heterocycles. The molecule has 3 N–H and O–H groups in total. The van der Waals surface area contributed by atoms with Crippen molar-refractivity contribution in [2.45, 2.75) is 50.7 Å². The average molecular weight is 438 g/mol. The summed E-state index contributed by atoms with van der Waals surface area (Å²) in [4.78, 5) is 12.6. The van der Waals surface area contributed by atoms with Gasteiger partial charge in [-0.05, 0) is 42.2 Å². The van der Waals surface area contributed by atoms with Crippen LogP contribution in [0, 0.1) is 5.92 Å². The second-order valence-corrected chi connectivity index (χ2v) is 10.1. The fraction of sp³-hybridized carbons (Fsp3) is 0.682.